The third kappa shape index (κ3) is 3.92. The quantitative estimate of drug-likeness (QED) is 0.468. The number of hydrogen-bond donors (Lipinski definition) is 1. The number of amides is 1. The van der Waals surface area contributed by atoms with E-state index in [-0.39, 0.29) is 12.7 Å². The van der Waals surface area contributed by atoms with Crippen molar-refractivity contribution in [1.29, 1.82) is 0 Å². The van der Waals surface area contributed by atoms with Gasteiger partial charge >= 0.3 is 0 Å². The predicted molar refractivity (Wildman–Crippen MR) is 67.1 cm³/mol. The Morgan fingerprint density at radius 3 is 2.94 bits per heavy atom. The predicted octanol–water partition coefficient (Wildman–Crippen LogP) is 2.49. The second kappa shape index (κ2) is 6.70. The number of aryl methyl sites for hydroxylation is 1. The summed E-state index contributed by atoms with van der Waals surface area (Å²) in [4.78, 5) is 11.3. The van der Waals surface area contributed by atoms with Gasteiger partial charge in [0, 0.05) is 6.61 Å². The SMILES string of the molecule is C=CC(=O)Nc1c(C)cccc1OCOCC. The lowest BCUT2D eigenvalue weighted by molar-refractivity contribution is -0.111. The van der Waals surface area contributed by atoms with Gasteiger partial charge in [-0.15, -0.1) is 0 Å². The molecule has 0 saturated carbocycles. The first kappa shape index (κ1) is 13.3. The molecule has 17 heavy (non-hydrogen) atoms. The maximum absolute atomic E-state index is 11.3. The minimum Gasteiger partial charge on any atom is -0.465 e. The van der Waals surface area contributed by atoms with Crippen molar-refractivity contribution in [3.8, 4) is 5.75 Å². The Balaban J connectivity index is 2.83. The van der Waals surface area contributed by atoms with Crippen molar-refractivity contribution >= 4 is 11.6 Å². The third-order valence-electron chi connectivity index (χ3n) is 2.17. The van der Waals surface area contributed by atoms with Gasteiger partial charge in [-0.2, -0.15) is 0 Å². The van der Waals surface area contributed by atoms with Gasteiger partial charge in [-0.25, -0.2) is 0 Å². The van der Waals surface area contributed by atoms with Crippen molar-refractivity contribution in [2.75, 3.05) is 18.7 Å². The van der Waals surface area contributed by atoms with Gasteiger partial charge in [0.05, 0.1) is 5.69 Å². The standard InChI is InChI=1S/C13H17NO3/c1-4-12(15)14-13-10(3)7-6-8-11(13)17-9-16-5-2/h4,6-8H,1,5,9H2,2-3H3,(H,14,15). The Bertz CT molecular complexity index is 402. The lowest BCUT2D eigenvalue weighted by Gasteiger charge is -2.13. The zero-order valence-corrected chi connectivity index (χ0v) is 10.2. The van der Waals surface area contributed by atoms with Crippen LogP contribution in [0.4, 0.5) is 5.69 Å². The Kier molecular flexibility index (Phi) is 5.23. The van der Waals surface area contributed by atoms with Gasteiger partial charge in [-0.05, 0) is 31.6 Å². The molecule has 1 rings (SSSR count). The topological polar surface area (TPSA) is 47.6 Å². The monoisotopic (exact) mass is 235 g/mol. The van der Waals surface area contributed by atoms with E-state index in [2.05, 4.69) is 11.9 Å². The Morgan fingerprint density at radius 1 is 1.53 bits per heavy atom. The summed E-state index contributed by atoms with van der Waals surface area (Å²) in [6, 6.07) is 5.54. The maximum Gasteiger partial charge on any atom is 0.247 e. The molecular formula is C13H17NO3. The minimum atomic E-state index is -0.263. The fourth-order valence-electron chi connectivity index (χ4n) is 1.28. The van der Waals surface area contributed by atoms with Crippen LogP contribution in [0.25, 0.3) is 0 Å². The highest BCUT2D eigenvalue weighted by Gasteiger charge is 2.08. The van der Waals surface area contributed by atoms with Crippen molar-refractivity contribution in [3.05, 3.63) is 36.4 Å². The van der Waals surface area contributed by atoms with Crippen LogP contribution in [0.1, 0.15) is 12.5 Å². The fraction of sp³-hybridized carbons (Fsp3) is 0.308. The first-order chi connectivity index (χ1) is 8.19. The van der Waals surface area contributed by atoms with Crippen LogP contribution >= 0.6 is 0 Å². The summed E-state index contributed by atoms with van der Waals surface area (Å²) in [6.45, 7) is 7.95. The molecule has 1 N–H and O–H groups in total. The van der Waals surface area contributed by atoms with Gasteiger partial charge < -0.3 is 14.8 Å². The molecule has 0 aliphatic rings. The Labute approximate surface area is 101 Å². The van der Waals surface area contributed by atoms with Crippen LogP contribution in [0.2, 0.25) is 0 Å². The molecule has 0 fully saturated rings. The van der Waals surface area contributed by atoms with Crippen LogP contribution in [-0.2, 0) is 9.53 Å². The number of hydrogen-bond acceptors (Lipinski definition) is 3. The van der Waals surface area contributed by atoms with Crippen molar-refractivity contribution < 1.29 is 14.3 Å². The smallest absolute Gasteiger partial charge is 0.247 e. The van der Waals surface area contributed by atoms with Crippen LogP contribution in [0.5, 0.6) is 5.75 Å². The van der Waals surface area contributed by atoms with E-state index in [1.54, 1.807) is 6.07 Å². The summed E-state index contributed by atoms with van der Waals surface area (Å²) in [6.07, 6.45) is 1.22. The highest BCUT2D eigenvalue weighted by Crippen LogP contribution is 2.28. The number of ether oxygens (including phenoxy) is 2. The summed E-state index contributed by atoms with van der Waals surface area (Å²) < 4.78 is 10.5. The second-order valence-electron chi connectivity index (χ2n) is 3.40. The zero-order valence-electron chi connectivity index (χ0n) is 10.2. The van der Waals surface area contributed by atoms with Crippen LogP contribution in [-0.4, -0.2) is 19.3 Å². The molecule has 0 bridgehead atoms. The molecule has 1 amide bonds. The second-order valence-corrected chi connectivity index (χ2v) is 3.40. The third-order valence-corrected chi connectivity index (χ3v) is 2.17. The normalized spacial score (nSPS) is 9.76. The van der Waals surface area contributed by atoms with E-state index in [1.165, 1.54) is 6.08 Å². The molecule has 0 saturated heterocycles. The van der Waals surface area contributed by atoms with Gasteiger partial charge in [0.2, 0.25) is 5.91 Å². The molecular weight excluding hydrogens is 218 g/mol. The van der Waals surface area contributed by atoms with Crippen LogP contribution in [0.15, 0.2) is 30.9 Å². The molecule has 0 aliphatic heterocycles. The maximum atomic E-state index is 11.3. The average Bonchev–Trinajstić information content (AvgIpc) is 2.33. The highest BCUT2D eigenvalue weighted by molar-refractivity contribution is 6.00. The summed E-state index contributed by atoms with van der Waals surface area (Å²) in [5.41, 5.74) is 1.58. The van der Waals surface area contributed by atoms with Gasteiger partial charge in [-0.1, -0.05) is 18.7 Å². The number of carbonyl (C=O) groups is 1. The molecule has 0 spiro atoms. The molecule has 0 radical (unpaired) electrons. The average molecular weight is 235 g/mol. The number of benzene rings is 1. The molecule has 1 aromatic carbocycles. The van der Waals surface area contributed by atoms with Gasteiger partial charge in [0.1, 0.15) is 5.75 Å². The molecule has 0 aromatic heterocycles. The van der Waals surface area contributed by atoms with Crippen molar-refractivity contribution in [2.24, 2.45) is 0 Å². The van der Waals surface area contributed by atoms with E-state index in [9.17, 15) is 4.79 Å². The lowest BCUT2D eigenvalue weighted by atomic mass is 10.2. The van der Waals surface area contributed by atoms with Crippen molar-refractivity contribution in [2.45, 2.75) is 13.8 Å². The summed E-state index contributed by atoms with van der Waals surface area (Å²) in [5.74, 6) is 0.328. The molecule has 4 heteroatoms. The summed E-state index contributed by atoms with van der Waals surface area (Å²) in [7, 11) is 0. The molecule has 0 unspecified atom stereocenters. The van der Waals surface area contributed by atoms with Gasteiger partial charge in [-0.3, -0.25) is 4.79 Å². The summed E-state index contributed by atoms with van der Waals surface area (Å²) in [5, 5.41) is 2.72. The Hall–Kier alpha value is -1.81. The number of carbonyl (C=O) groups excluding carboxylic acids is 1. The summed E-state index contributed by atoms with van der Waals surface area (Å²) >= 11 is 0. The van der Waals surface area contributed by atoms with E-state index in [4.69, 9.17) is 9.47 Å². The van der Waals surface area contributed by atoms with E-state index in [0.717, 1.165) is 5.56 Å². The number of rotatable bonds is 6. The van der Waals surface area contributed by atoms with Crippen molar-refractivity contribution in [3.63, 3.8) is 0 Å². The van der Waals surface area contributed by atoms with Crippen LogP contribution in [0.3, 0.4) is 0 Å². The van der Waals surface area contributed by atoms with Crippen LogP contribution < -0.4 is 10.1 Å². The molecule has 92 valence electrons. The zero-order chi connectivity index (χ0) is 12.7. The van der Waals surface area contributed by atoms with E-state index in [0.29, 0.717) is 18.0 Å². The highest BCUT2D eigenvalue weighted by atomic mass is 16.7. The van der Waals surface area contributed by atoms with Gasteiger partial charge in [0.25, 0.3) is 0 Å². The minimum absolute atomic E-state index is 0.164. The molecule has 0 aliphatic carbocycles. The molecule has 1 aromatic rings. The van der Waals surface area contributed by atoms with Gasteiger partial charge in [0.15, 0.2) is 6.79 Å². The molecule has 0 atom stereocenters. The molecule has 0 heterocycles. The Morgan fingerprint density at radius 2 is 2.29 bits per heavy atom. The van der Waals surface area contributed by atoms with Crippen molar-refractivity contribution in [1.82, 2.24) is 0 Å². The first-order valence-corrected chi connectivity index (χ1v) is 5.42. The van der Waals surface area contributed by atoms with E-state index in [1.807, 2.05) is 26.0 Å². The lowest BCUT2D eigenvalue weighted by Crippen LogP contribution is -2.11. The largest absolute Gasteiger partial charge is 0.465 e. The van der Waals surface area contributed by atoms with E-state index >= 15 is 0 Å². The number of anilines is 1. The van der Waals surface area contributed by atoms with E-state index < -0.39 is 0 Å². The van der Waals surface area contributed by atoms with Crippen LogP contribution in [0, 0.1) is 6.92 Å². The number of para-hydroxylation sites is 1. The molecule has 4 nitrogen and oxygen atoms in total. The number of nitrogens with one attached hydrogen (secondary N) is 1. The fourth-order valence-corrected chi connectivity index (χ4v) is 1.28. The first-order valence-electron chi connectivity index (χ1n) is 5.42.